The van der Waals surface area contributed by atoms with Gasteiger partial charge in [-0.05, 0) is 35.0 Å². The molecule has 22 heavy (non-hydrogen) atoms. The molecule has 1 aromatic carbocycles. The standard InChI is InChI=1S/C15H10BrClN4S/c1-8-19-20-13-7-18-14(9-4-2-3-5-11(9)17)10-6-12(16)22-15(10)21(8)13/h2-6H,7H2,1H3/i2+1,3+1,4+1,5+1,9+1,11+1. The van der Waals surface area contributed by atoms with E-state index in [1.54, 1.807) is 11.3 Å². The first-order valence-corrected chi connectivity index (χ1v) is 8.64. The van der Waals surface area contributed by atoms with Crippen molar-refractivity contribution in [3.05, 3.63) is 61.9 Å². The Kier molecular flexibility index (Phi) is 3.40. The first-order chi connectivity index (χ1) is 10.6. The molecule has 1 aliphatic heterocycles. The topological polar surface area (TPSA) is 43.1 Å². The minimum Gasteiger partial charge on any atom is -0.276 e. The molecule has 2 aromatic heterocycles. The van der Waals surface area contributed by atoms with Gasteiger partial charge in [0.2, 0.25) is 0 Å². The number of halogens is 2. The largest absolute Gasteiger partial charge is 0.276 e. The molecule has 0 atom stereocenters. The van der Waals surface area contributed by atoms with Gasteiger partial charge >= 0.3 is 0 Å². The van der Waals surface area contributed by atoms with Gasteiger partial charge in [-0.2, -0.15) is 0 Å². The molecular weight excluding hydrogens is 390 g/mol. The van der Waals surface area contributed by atoms with Crippen molar-refractivity contribution in [1.82, 2.24) is 14.8 Å². The third-order valence-electron chi connectivity index (χ3n) is 3.54. The Morgan fingerprint density at radius 3 is 2.86 bits per heavy atom. The summed E-state index contributed by atoms with van der Waals surface area (Å²) in [6.45, 7) is 2.44. The van der Waals surface area contributed by atoms with Gasteiger partial charge in [0, 0.05) is 16.1 Å². The number of benzene rings is 1. The molecule has 1 aliphatic rings. The van der Waals surface area contributed by atoms with Crippen molar-refractivity contribution in [3.63, 3.8) is 0 Å². The summed E-state index contributed by atoms with van der Waals surface area (Å²) in [4.78, 5) is 4.76. The highest BCUT2D eigenvalue weighted by molar-refractivity contribution is 9.11. The van der Waals surface area contributed by atoms with Crippen LogP contribution in [0.25, 0.3) is 5.00 Å². The molecule has 0 bridgehead atoms. The Morgan fingerprint density at radius 1 is 1.23 bits per heavy atom. The Balaban J connectivity index is 2.00. The van der Waals surface area contributed by atoms with Gasteiger partial charge in [0.25, 0.3) is 0 Å². The summed E-state index contributed by atoms with van der Waals surface area (Å²) in [7, 11) is 0. The molecule has 0 fully saturated rings. The summed E-state index contributed by atoms with van der Waals surface area (Å²) in [6, 6.07) is 9.86. The third-order valence-corrected chi connectivity index (χ3v) is 5.49. The maximum Gasteiger partial charge on any atom is 0.160 e. The number of thiophene rings is 1. The lowest BCUT2D eigenvalue weighted by molar-refractivity contribution is 0.869. The number of fused-ring (bicyclic) bond motifs is 3. The Labute approximate surface area is 144 Å². The summed E-state index contributed by atoms with van der Waals surface area (Å²) in [6.07, 6.45) is 0. The molecule has 4 rings (SSSR count). The van der Waals surface area contributed by atoms with Crippen LogP contribution in [0, 0.1) is 6.92 Å². The fraction of sp³-hybridized carbons (Fsp3) is 0.133. The van der Waals surface area contributed by atoms with Crippen molar-refractivity contribution in [2.45, 2.75) is 13.5 Å². The molecular formula is C15H10BrClN4S. The maximum absolute atomic E-state index is 6.38. The lowest BCUT2D eigenvalue weighted by atomic mass is 10.2. The van der Waals surface area contributed by atoms with E-state index in [1.165, 1.54) is 0 Å². The van der Waals surface area contributed by atoms with Crippen LogP contribution < -0.4 is 0 Å². The quantitative estimate of drug-likeness (QED) is 0.608. The van der Waals surface area contributed by atoms with E-state index in [0.717, 1.165) is 37.3 Å². The van der Waals surface area contributed by atoms with Gasteiger partial charge in [0.05, 0.1) is 9.50 Å². The highest BCUT2D eigenvalue weighted by atomic mass is 79.9. The number of aromatic nitrogens is 3. The highest BCUT2D eigenvalue weighted by Gasteiger charge is 2.24. The predicted molar refractivity (Wildman–Crippen MR) is 92.5 cm³/mol. The molecule has 0 N–H and O–H groups in total. The average Bonchev–Trinajstić information content (AvgIpc) is 3.00. The molecule has 0 spiro atoms. The lowest BCUT2D eigenvalue weighted by Gasteiger charge is -2.08. The normalized spacial score (nSPS) is 13.3. The zero-order valence-corrected chi connectivity index (χ0v) is 14.7. The summed E-state index contributed by atoms with van der Waals surface area (Å²) >= 11 is 11.6. The Bertz CT molecular complexity index is 912. The predicted octanol–water partition coefficient (Wildman–Crippen LogP) is 4.40. The molecule has 3 aromatic rings. The molecule has 4 nitrogen and oxygen atoms in total. The molecule has 0 amide bonds. The number of hydrogen-bond acceptors (Lipinski definition) is 4. The van der Waals surface area contributed by atoms with Gasteiger partial charge in [-0.3, -0.25) is 9.56 Å². The van der Waals surface area contributed by atoms with Crippen LogP contribution in [-0.2, 0) is 6.54 Å². The van der Waals surface area contributed by atoms with Gasteiger partial charge in [-0.25, -0.2) is 0 Å². The van der Waals surface area contributed by atoms with Gasteiger partial charge < -0.3 is 0 Å². The van der Waals surface area contributed by atoms with Crippen LogP contribution in [0.3, 0.4) is 0 Å². The Hall–Kier alpha value is -1.50. The Morgan fingerprint density at radius 2 is 2.05 bits per heavy atom. The van der Waals surface area contributed by atoms with E-state index in [-0.39, 0.29) is 0 Å². The van der Waals surface area contributed by atoms with Crippen molar-refractivity contribution in [2.75, 3.05) is 0 Å². The lowest BCUT2D eigenvalue weighted by Crippen LogP contribution is -2.05. The van der Waals surface area contributed by atoms with Crippen LogP contribution >= 0.6 is 38.9 Å². The minimum atomic E-state index is 0.487. The first-order valence-electron chi connectivity index (χ1n) is 6.65. The van der Waals surface area contributed by atoms with Crippen molar-refractivity contribution >= 4 is 44.6 Å². The molecule has 0 aliphatic carbocycles. The van der Waals surface area contributed by atoms with E-state index < -0.39 is 0 Å². The molecule has 0 radical (unpaired) electrons. The fourth-order valence-corrected chi connectivity index (χ4v) is 4.45. The van der Waals surface area contributed by atoms with Gasteiger partial charge in [-0.1, -0.05) is 29.8 Å². The number of aryl methyl sites for hydroxylation is 1. The summed E-state index contributed by atoms with van der Waals surface area (Å²) in [5.41, 5.74) is 2.88. The van der Waals surface area contributed by atoms with Crippen LogP contribution in [0.15, 0.2) is 39.1 Å². The molecule has 0 saturated carbocycles. The number of aliphatic imine (C=N–C) groups is 1. The molecule has 0 unspecified atom stereocenters. The minimum absolute atomic E-state index is 0.487. The van der Waals surface area contributed by atoms with Crippen LogP contribution in [0.5, 0.6) is 0 Å². The zero-order chi connectivity index (χ0) is 15.3. The molecule has 0 saturated heterocycles. The fourth-order valence-electron chi connectivity index (χ4n) is 2.58. The SMILES string of the molecule is Cc1nnc2n1-c1sc(Br)cc1C([13c]1[13cH][13cH][13cH][13cH][13c]1Cl)=NC2. The number of rotatable bonds is 1. The highest BCUT2D eigenvalue weighted by Crippen LogP contribution is 2.36. The van der Waals surface area contributed by atoms with Crippen molar-refractivity contribution in [1.29, 1.82) is 0 Å². The zero-order valence-electron chi connectivity index (χ0n) is 11.5. The van der Waals surface area contributed by atoms with E-state index in [4.69, 9.17) is 16.6 Å². The number of nitrogens with zero attached hydrogens (tertiary/aromatic N) is 4. The molecule has 110 valence electrons. The van der Waals surface area contributed by atoms with Gasteiger partial charge in [0.1, 0.15) is 17.4 Å². The second-order valence-electron chi connectivity index (χ2n) is 4.91. The van der Waals surface area contributed by atoms with Crippen molar-refractivity contribution in [2.24, 2.45) is 4.99 Å². The third kappa shape index (κ3) is 2.14. The van der Waals surface area contributed by atoms with Crippen molar-refractivity contribution < 1.29 is 0 Å². The summed E-state index contributed by atoms with van der Waals surface area (Å²) < 4.78 is 3.11. The van der Waals surface area contributed by atoms with Gasteiger partial charge in [-0.15, -0.1) is 21.5 Å². The smallest absolute Gasteiger partial charge is 0.160 e. The summed E-state index contributed by atoms with van der Waals surface area (Å²) in [5.74, 6) is 1.70. The van der Waals surface area contributed by atoms with E-state index in [1.807, 2.05) is 31.2 Å². The first kappa shape index (κ1) is 14.1. The van der Waals surface area contributed by atoms with Crippen LogP contribution in [0.4, 0.5) is 0 Å². The molecule has 7 heteroatoms. The maximum atomic E-state index is 6.38. The van der Waals surface area contributed by atoms with Crippen LogP contribution in [0.2, 0.25) is 5.02 Å². The second-order valence-corrected chi connectivity index (χ2v) is 7.73. The van der Waals surface area contributed by atoms with Crippen molar-refractivity contribution in [3.8, 4) is 5.00 Å². The van der Waals surface area contributed by atoms with Crippen LogP contribution in [0.1, 0.15) is 22.8 Å². The van der Waals surface area contributed by atoms with E-state index in [2.05, 4.69) is 36.8 Å². The van der Waals surface area contributed by atoms with Crippen LogP contribution in [-0.4, -0.2) is 20.5 Å². The van der Waals surface area contributed by atoms with E-state index >= 15 is 0 Å². The van der Waals surface area contributed by atoms with Gasteiger partial charge in [0.15, 0.2) is 5.82 Å². The summed E-state index contributed by atoms with van der Waals surface area (Å²) in [5, 5.41) is 10.2. The van der Waals surface area contributed by atoms with E-state index in [0.29, 0.717) is 11.6 Å². The number of hydrogen-bond donors (Lipinski definition) is 0. The monoisotopic (exact) mass is 398 g/mol. The molecule has 3 heterocycles. The average molecular weight is 400 g/mol. The van der Waals surface area contributed by atoms with E-state index in [9.17, 15) is 0 Å². The second kappa shape index (κ2) is 5.30.